The fraction of sp³-hybridized carbons (Fsp3) is 0.800. The molecule has 0 atom stereocenters. The van der Waals surface area contributed by atoms with Crippen molar-refractivity contribution in [2.75, 3.05) is 66.7 Å². The van der Waals surface area contributed by atoms with Crippen molar-refractivity contribution in [3.8, 4) is 11.5 Å². The first-order valence-corrected chi connectivity index (χ1v) is 20.6. The molecule has 0 bridgehead atoms. The van der Waals surface area contributed by atoms with E-state index in [1.165, 1.54) is 0 Å². The lowest BCUT2D eigenvalue weighted by Crippen LogP contribution is -2.49. The van der Waals surface area contributed by atoms with Crippen molar-refractivity contribution >= 4 is 16.6 Å². The van der Waals surface area contributed by atoms with Crippen LogP contribution in [0.2, 0.25) is 36.3 Å². The molecule has 234 valence electrons. The van der Waals surface area contributed by atoms with Crippen LogP contribution in [0, 0.1) is 0 Å². The summed E-state index contributed by atoms with van der Waals surface area (Å²) in [6, 6.07) is 4.26. The number of nitrogens with zero attached hydrogens (tertiary/aromatic N) is 2. The Balaban J connectivity index is 3.97. The van der Waals surface area contributed by atoms with E-state index in [9.17, 15) is 20.4 Å². The molecule has 0 unspecified atom stereocenters. The Labute approximate surface area is 247 Å². The van der Waals surface area contributed by atoms with Crippen molar-refractivity contribution in [3.63, 3.8) is 0 Å². The molecule has 8 nitrogen and oxygen atoms in total. The molecule has 0 saturated heterocycles. The minimum atomic E-state index is -2.22. The standard InChI is InChI=1S/C30H62N2O6Si2/c1-29(2,3)39(9,10)37-27-21-26(24-32(8,15-19-35)16-20-36)28(38-40(11,12)30(4,5)6)22-25(27)23-31(7,13-17-33)14-18-34/h21-22,33-36H,13-20,23-24H2,1-12H3/q+2. The Morgan fingerprint density at radius 3 is 1.02 bits per heavy atom. The Kier molecular flexibility index (Phi) is 13.0. The number of hydrogen-bond donors (Lipinski definition) is 4. The minimum absolute atomic E-state index is 0.00649. The molecule has 0 heterocycles. The average Bonchev–Trinajstić information content (AvgIpc) is 2.75. The largest absolute Gasteiger partial charge is 0.543 e. The molecule has 40 heavy (non-hydrogen) atoms. The maximum atomic E-state index is 9.85. The van der Waals surface area contributed by atoms with Gasteiger partial charge in [0.1, 0.15) is 50.8 Å². The van der Waals surface area contributed by atoms with Gasteiger partial charge in [-0.3, -0.25) is 0 Å². The highest BCUT2D eigenvalue weighted by atomic mass is 28.4. The molecule has 0 aliphatic carbocycles. The molecule has 0 aromatic heterocycles. The van der Waals surface area contributed by atoms with E-state index >= 15 is 0 Å². The third-order valence-corrected chi connectivity index (χ3v) is 17.9. The summed E-state index contributed by atoms with van der Waals surface area (Å²) >= 11 is 0. The SMILES string of the molecule is CC(C)(C)[Si](C)(C)Oc1cc(C[N+](C)(CCO)CCO)c(O[Si](C)(C)C(C)(C)C)cc1C[N+](C)(CCO)CCO. The number of rotatable bonds is 16. The van der Waals surface area contributed by atoms with Crippen molar-refractivity contribution in [2.24, 2.45) is 0 Å². The van der Waals surface area contributed by atoms with Gasteiger partial charge in [0.2, 0.25) is 16.6 Å². The summed E-state index contributed by atoms with van der Waals surface area (Å²) in [7, 11) is -0.323. The summed E-state index contributed by atoms with van der Waals surface area (Å²) in [5, 5.41) is 39.4. The molecular weight excluding hydrogens is 541 g/mol. The first-order valence-electron chi connectivity index (χ1n) is 14.7. The molecule has 0 aliphatic rings. The monoisotopic (exact) mass is 602 g/mol. The Hall–Kier alpha value is -0.986. The zero-order valence-electron chi connectivity index (χ0n) is 27.7. The molecule has 0 spiro atoms. The summed E-state index contributed by atoms with van der Waals surface area (Å²) in [5.41, 5.74) is 2.01. The fourth-order valence-electron chi connectivity index (χ4n) is 4.27. The van der Waals surface area contributed by atoms with Crippen LogP contribution in [0.3, 0.4) is 0 Å². The first kappa shape index (κ1) is 37.0. The van der Waals surface area contributed by atoms with Gasteiger partial charge in [-0.05, 0) is 48.4 Å². The van der Waals surface area contributed by atoms with Gasteiger partial charge in [0, 0.05) is 0 Å². The van der Waals surface area contributed by atoms with Gasteiger partial charge < -0.3 is 38.2 Å². The minimum Gasteiger partial charge on any atom is -0.543 e. The molecule has 0 radical (unpaired) electrons. The van der Waals surface area contributed by atoms with Gasteiger partial charge in [-0.1, -0.05) is 41.5 Å². The summed E-state index contributed by atoms with van der Waals surface area (Å²) < 4.78 is 14.9. The highest BCUT2D eigenvalue weighted by molar-refractivity contribution is 6.75. The van der Waals surface area contributed by atoms with Crippen molar-refractivity contribution in [1.82, 2.24) is 0 Å². The van der Waals surface area contributed by atoms with Gasteiger partial charge in [-0.2, -0.15) is 0 Å². The first-order chi connectivity index (χ1) is 18.1. The lowest BCUT2D eigenvalue weighted by Gasteiger charge is -2.41. The van der Waals surface area contributed by atoms with Crippen molar-refractivity contribution in [3.05, 3.63) is 23.3 Å². The second-order valence-corrected chi connectivity index (χ2v) is 24.6. The predicted molar refractivity (Wildman–Crippen MR) is 170 cm³/mol. The van der Waals surface area contributed by atoms with E-state index in [4.69, 9.17) is 8.85 Å². The average molecular weight is 603 g/mol. The number of hydrogen-bond acceptors (Lipinski definition) is 6. The highest BCUT2D eigenvalue weighted by Crippen LogP contribution is 2.43. The van der Waals surface area contributed by atoms with E-state index < -0.39 is 16.6 Å². The molecular formula is C30H62N2O6Si2+2. The number of aliphatic hydroxyl groups excluding tert-OH is 4. The van der Waals surface area contributed by atoms with Gasteiger partial charge in [-0.25, -0.2) is 0 Å². The van der Waals surface area contributed by atoms with E-state index in [2.05, 4.69) is 94.0 Å². The van der Waals surface area contributed by atoms with Crippen LogP contribution in [0.4, 0.5) is 0 Å². The summed E-state index contributed by atoms with van der Waals surface area (Å²) in [6.07, 6.45) is 0. The van der Waals surface area contributed by atoms with Gasteiger partial charge >= 0.3 is 0 Å². The molecule has 1 aromatic carbocycles. The summed E-state index contributed by atoms with van der Waals surface area (Å²) in [4.78, 5) is 0. The number of aliphatic hydroxyl groups is 4. The van der Waals surface area contributed by atoms with Crippen LogP contribution in [0.15, 0.2) is 12.1 Å². The molecule has 0 saturated carbocycles. The number of quaternary nitrogens is 2. The van der Waals surface area contributed by atoms with E-state index in [1.54, 1.807) is 0 Å². The van der Waals surface area contributed by atoms with Crippen LogP contribution in [0.1, 0.15) is 52.7 Å². The zero-order valence-corrected chi connectivity index (χ0v) is 29.7. The second-order valence-electron chi connectivity index (χ2n) is 15.1. The quantitative estimate of drug-likeness (QED) is 0.166. The van der Waals surface area contributed by atoms with Crippen molar-refractivity contribution in [1.29, 1.82) is 0 Å². The molecule has 0 aliphatic heterocycles. The van der Waals surface area contributed by atoms with E-state index in [0.29, 0.717) is 48.2 Å². The van der Waals surface area contributed by atoms with Gasteiger partial charge in [0.25, 0.3) is 0 Å². The van der Waals surface area contributed by atoms with E-state index in [0.717, 1.165) is 22.6 Å². The summed E-state index contributed by atoms with van der Waals surface area (Å²) in [6.45, 7) is 25.6. The van der Waals surface area contributed by atoms with Crippen LogP contribution >= 0.6 is 0 Å². The number of likely N-dealkylation sites (N-methyl/N-ethyl adjacent to an activating group) is 2. The second kappa shape index (κ2) is 14.0. The van der Waals surface area contributed by atoms with Crippen LogP contribution in [0.5, 0.6) is 11.5 Å². The van der Waals surface area contributed by atoms with E-state index in [1.807, 2.05) is 0 Å². The molecule has 4 N–H and O–H groups in total. The topological polar surface area (TPSA) is 99.4 Å². The smallest absolute Gasteiger partial charge is 0.250 e. The highest BCUT2D eigenvalue weighted by Gasteiger charge is 2.42. The molecule has 10 heteroatoms. The fourth-order valence-corrected chi connectivity index (χ4v) is 6.36. The number of benzene rings is 1. The van der Waals surface area contributed by atoms with Crippen molar-refractivity contribution in [2.45, 2.75) is 90.9 Å². The maximum Gasteiger partial charge on any atom is 0.250 e. The normalized spacial score (nSPS) is 14.0. The van der Waals surface area contributed by atoms with Gasteiger partial charge in [0.05, 0.1) is 51.6 Å². The zero-order chi connectivity index (χ0) is 31.2. The molecule has 1 rings (SSSR count). The van der Waals surface area contributed by atoms with Gasteiger partial charge in [-0.15, -0.1) is 0 Å². The Morgan fingerprint density at radius 2 is 0.825 bits per heavy atom. The molecule has 0 amide bonds. The third-order valence-electron chi connectivity index (χ3n) is 9.25. The Morgan fingerprint density at radius 1 is 0.575 bits per heavy atom. The van der Waals surface area contributed by atoms with Crippen LogP contribution in [-0.4, -0.2) is 113 Å². The van der Waals surface area contributed by atoms with Crippen LogP contribution < -0.4 is 8.85 Å². The molecule has 1 aromatic rings. The third kappa shape index (κ3) is 10.1. The van der Waals surface area contributed by atoms with Crippen LogP contribution in [-0.2, 0) is 13.1 Å². The molecule has 0 fully saturated rings. The lowest BCUT2D eigenvalue weighted by molar-refractivity contribution is -0.923. The van der Waals surface area contributed by atoms with Gasteiger partial charge in [0.15, 0.2) is 0 Å². The van der Waals surface area contributed by atoms with E-state index in [-0.39, 0.29) is 36.5 Å². The van der Waals surface area contributed by atoms with Crippen molar-refractivity contribution < 1.29 is 38.2 Å². The van der Waals surface area contributed by atoms with Crippen LogP contribution in [0.25, 0.3) is 0 Å². The predicted octanol–water partition coefficient (Wildman–Crippen LogP) is 4.32. The lowest BCUT2D eigenvalue weighted by atomic mass is 10.1. The summed E-state index contributed by atoms with van der Waals surface area (Å²) in [5.74, 6) is 1.65. The Bertz CT molecular complexity index is 854. The maximum absolute atomic E-state index is 9.85.